The first-order chi connectivity index (χ1) is 11.6. The van der Waals surface area contributed by atoms with Crippen LogP contribution in [0.5, 0.6) is 23.0 Å². The van der Waals surface area contributed by atoms with Crippen LogP contribution in [0.3, 0.4) is 0 Å². The Balaban J connectivity index is 2.85. The van der Waals surface area contributed by atoms with Crippen LogP contribution in [0.4, 0.5) is 0 Å². The number of phenolic OH excluding ortho intramolecular Hbond substituents is 2. The molecule has 2 aromatic carbocycles. The average molecular weight is 344 g/mol. The summed E-state index contributed by atoms with van der Waals surface area (Å²) in [5, 5.41) is 20.5. The van der Waals surface area contributed by atoms with Crippen molar-refractivity contribution in [2.45, 2.75) is 47.0 Å². The van der Waals surface area contributed by atoms with Gasteiger partial charge >= 0.3 is 0 Å². The summed E-state index contributed by atoms with van der Waals surface area (Å²) in [5.74, 6) is 1.83. The van der Waals surface area contributed by atoms with Crippen molar-refractivity contribution in [2.24, 2.45) is 0 Å². The van der Waals surface area contributed by atoms with E-state index in [0.717, 1.165) is 33.4 Å². The first-order valence-electron chi connectivity index (χ1n) is 8.33. The van der Waals surface area contributed by atoms with Gasteiger partial charge in [-0.15, -0.1) is 0 Å². The molecule has 0 bridgehead atoms. The van der Waals surface area contributed by atoms with E-state index in [9.17, 15) is 10.2 Å². The minimum Gasteiger partial charge on any atom is -0.507 e. The van der Waals surface area contributed by atoms with Gasteiger partial charge < -0.3 is 19.7 Å². The Morgan fingerprint density at radius 3 is 1.32 bits per heavy atom. The van der Waals surface area contributed by atoms with E-state index >= 15 is 0 Å². The molecule has 0 aromatic heterocycles. The third-order valence-electron chi connectivity index (χ3n) is 5.10. The minimum atomic E-state index is -0.455. The molecule has 0 amide bonds. The maximum absolute atomic E-state index is 10.3. The van der Waals surface area contributed by atoms with Crippen molar-refractivity contribution in [2.75, 3.05) is 14.2 Å². The second-order valence-electron chi connectivity index (χ2n) is 7.12. The number of hydrogen-bond acceptors (Lipinski definition) is 4. The molecule has 25 heavy (non-hydrogen) atoms. The van der Waals surface area contributed by atoms with Crippen LogP contribution in [0.25, 0.3) is 0 Å². The molecule has 0 heterocycles. The van der Waals surface area contributed by atoms with Crippen molar-refractivity contribution < 1.29 is 19.7 Å². The van der Waals surface area contributed by atoms with Gasteiger partial charge in [0, 0.05) is 27.7 Å². The number of phenols is 2. The summed E-state index contributed by atoms with van der Waals surface area (Å²) in [6.45, 7) is 11.7. The zero-order valence-electron chi connectivity index (χ0n) is 16.4. The van der Waals surface area contributed by atoms with E-state index in [1.165, 1.54) is 0 Å². The monoisotopic (exact) mass is 344 g/mol. The Hall–Kier alpha value is -2.36. The van der Waals surface area contributed by atoms with Gasteiger partial charge in [-0.2, -0.15) is 0 Å². The van der Waals surface area contributed by atoms with Crippen molar-refractivity contribution in [1.82, 2.24) is 0 Å². The number of rotatable bonds is 4. The number of aryl methyl sites for hydroxylation is 2. The number of benzene rings is 2. The second kappa shape index (κ2) is 6.51. The lowest BCUT2D eigenvalue weighted by Gasteiger charge is -2.32. The Labute approximate surface area is 150 Å². The predicted octanol–water partition coefficient (Wildman–Crippen LogP) is 4.67. The molecule has 0 aliphatic carbocycles. The quantitative estimate of drug-likeness (QED) is 0.846. The summed E-state index contributed by atoms with van der Waals surface area (Å²) < 4.78 is 11.3. The number of ether oxygens (including phenoxy) is 2. The number of methoxy groups -OCH3 is 2. The summed E-state index contributed by atoms with van der Waals surface area (Å²) in [7, 11) is 3.22. The van der Waals surface area contributed by atoms with Crippen molar-refractivity contribution in [1.29, 1.82) is 0 Å². The van der Waals surface area contributed by atoms with Crippen LogP contribution in [-0.2, 0) is 5.41 Å². The predicted molar refractivity (Wildman–Crippen MR) is 100 cm³/mol. The molecule has 0 spiro atoms. The molecule has 0 aliphatic heterocycles. The van der Waals surface area contributed by atoms with Gasteiger partial charge in [0.2, 0.25) is 0 Å². The highest BCUT2D eigenvalue weighted by Crippen LogP contribution is 2.47. The first kappa shape index (κ1) is 19.0. The van der Waals surface area contributed by atoms with Crippen LogP contribution in [0.1, 0.15) is 47.2 Å². The lowest BCUT2D eigenvalue weighted by Crippen LogP contribution is -2.22. The summed E-state index contributed by atoms with van der Waals surface area (Å²) in [4.78, 5) is 0. The maximum Gasteiger partial charge on any atom is 0.129 e. The van der Waals surface area contributed by atoms with Crippen LogP contribution >= 0.6 is 0 Å². The minimum absolute atomic E-state index is 0.251. The summed E-state index contributed by atoms with van der Waals surface area (Å²) >= 11 is 0. The maximum atomic E-state index is 10.3. The fourth-order valence-corrected chi connectivity index (χ4v) is 3.51. The van der Waals surface area contributed by atoms with Crippen molar-refractivity contribution >= 4 is 0 Å². The lowest BCUT2D eigenvalue weighted by molar-refractivity contribution is 0.376. The summed E-state index contributed by atoms with van der Waals surface area (Å²) in [6, 6.07) is 3.91. The molecule has 0 saturated heterocycles. The van der Waals surface area contributed by atoms with Gasteiger partial charge in [0.25, 0.3) is 0 Å². The van der Waals surface area contributed by atoms with Crippen LogP contribution < -0.4 is 9.47 Å². The van der Waals surface area contributed by atoms with Gasteiger partial charge in [-0.25, -0.2) is 0 Å². The van der Waals surface area contributed by atoms with Crippen molar-refractivity contribution in [3.05, 3.63) is 45.5 Å². The van der Waals surface area contributed by atoms with Gasteiger partial charge in [0.15, 0.2) is 0 Å². The van der Waals surface area contributed by atoms with Gasteiger partial charge in [0.05, 0.1) is 14.2 Å². The highest BCUT2D eigenvalue weighted by atomic mass is 16.5. The second-order valence-corrected chi connectivity index (χ2v) is 7.12. The fraction of sp³-hybridized carbons (Fsp3) is 0.429. The average Bonchev–Trinajstić information content (AvgIpc) is 2.56. The summed E-state index contributed by atoms with van der Waals surface area (Å²) in [5.41, 5.74) is 4.51. The third-order valence-corrected chi connectivity index (χ3v) is 5.10. The normalized spacial score (nSPS) is 11.5. The van der Waals surface area contributed by atoms with Gasteiger partial charge in [-0.3, -0.25) is 0 Å². The van der Waals surface area contributed by atoms with E-state index in [1.54, 1.807) is 14.2 Å². The van der Waals surface area contributed by atoms with E-state index in [0.29, 0.717) is 11.5 Å². The zero-order chi connectivity index (χ0) is 19.1. The molecule has 2 aromatic rings. The van der Waals surface area contributed by atoms with Gasteiger partial charge in [-0.05, 0) is 51.0 Å². The molecule has 136 valence electrons. The largest absolute Gasteiger partial charge is 0.507 e. The molecule has 2 rings (SSSR count). The highest BCUT2D eigenvalue weighted by molar-refractivity contribution is 5.62. The summed E-state index contributed by atoms with van der Waals surface area (Å²) in [6.07, 6.45) is 0. The molecular weight excluding hydrogens is 316 g/mol. The molecule has 0 unspecified atom stereocenters. The Bertz CT molecular complexity index is 752. The van der Waals surface area contributed by atoms with E-state index < -0.39 is 5.41 Å². The standard InChI is InChI=1S/C21H28O4/c1-11-9-15(19(24-7)13(3)17(11)22)21(5,6)16-10-12(2)18(23)14(4)20(16)25-8/h9-10,22-23H,1-8H3. The first-order valence-corrected chi connectivity index (χ1v) is 8.33. The van der Waals surface area contributed by atoms with Crippen LogP contribution in [0.2, 0.25) is 0 Å². The fourth-order valence-electron chi connectivity index (χ4n) is 3.51. The molecule has 0 atom stereocenters. The van der Waals surface area contributed by atoms with E-state index in [-0.39, 0.29) is 11.5 Å². The third kappa shape index (κ3) is 2.90. The highest BCUT2D eigenvalue weighted by Gasteiger charge is 2.33. The number of hydrogen-bond donors (Lipinski definition) is 2. The van der Waals surface area contributed by atoms with Crippen LogP contribution in [0, 0.1) is 27.7 Å². The van der Waals surface area contributed by atoms with E-state index in [4.69, 9.17) is 9.47 Å². The van der Waals surface area contributed by atoms with E-state index in [1.807, 2.05) is 39.8 Å². The molecular formula is C21H28O4. The van der Waals surface area contributed by atoms with Gasteiger partial charge in [0.1, 0.15) is 23.0 Å². The molecule has 0 fully saturated rings. The van der Waals surface area contributed by atoms with E-state index in [2.05, 4.69) is 13.8 Å². The molecule has 0 radical (unpaired) electrons. The lowest BCUT2D eigenvalue weighted by atomic mass is 9.75. The Morgan fingerprint density at radius 1 is 0.720 bits per heavy atom. The van der Waals surface area contributed by atoms with Crippen molar-refractivity contribution in [3.63, 3.8) is 0 Å². The van der Waals surface area contributed by atoms with Crippen molar-refractivity contribution in [3.8, 4) is 23.0 Å². The van der Waals surface area contributed by atoms with Gasteiger partial charge in [-0.1, -0.05) is 13.8 Å². The molecule has 0 saturated carbocycles. The Morgan fingerprint density at radius 2 is 1.04 bits per heavy atom. The zero-order valence-corrected chi connectivity index (χ0v) is 16.4. The SMILES string of the molecule is COc1c(C(C)(C)c2cc(C)c(O)c(C)c2OC)cc(C)c(O)c1C. The van der Waals surface area contributed by atoms with Crippen LogP contribution in [0.15, 0.2) is 12.1 Å². The molecule has 4 nitrogen and oxygen atoms in total. The topological polar surface area (TPSA) is 58.9 Å². The van der Waals surface area contributed by atoms with Crippen LogP contribution in [-0.4, -0.2) is 24.4 Å². The molecule has 4 heteroatoms. The smallest absolute Gasteiger partial charge is 0.129 e. The number of aromatic hydroxyl groups is 2. The molecule has 0 aliphatic rings. The Kier molecular flexibility index (Phi) is 4.94. The molecule has 2 N–H and O–H groups in total.